The van der Waals surface area contributed by atoms with E-state index in [0.717, 1.165) is 39.4 Å². The molecule has 0 saturated carbocycles. The van der Waals surface area contributed by atoms with Gasteiger partial charge in [0.2, 0.25) is 5.95 Å². The highest BCUT2D eigenvalue weighted by molar-refractivity contribution is 5.96. The third-order valence-corrected chi connectivity index (χ3v) is 4.74. The molecule has 0 amide bonds. The lowest BCUT2D eigenvalue weighted by atomic mass is 10.2. The summed E-state index contributed by atoms with van der Waals surface area (Å²) in [7, 11) is 3.67. The quantitative estimate of drug-likeness (QED) is 0.506. The molecule has 0 unspecified atom stereocenters. The Kier molecular flexibility index (Phi) is 4.81. The van der Waals surface area contributed by atoms with Gasteiger partial charge in [-0.1, -0.05) is 42.5 Å². The molecule has 0 aliphatic rings. The number of para-hydroxylation sites is 3. The maximum absolute atomic E-state index is 5.56. The zero-order valence-electron chi connectivity index (χ0n) is 16.2. The van der Waals surface area contributed by atoms with E-state index in [4.69, 9.17) is 14.7 Å². The number of hydrogen-bond donors (Lipinski definition) is 1. The second-order valence-corrected chi connectivity index (χ2v) is 6.56. The van der Waals surface area contributed by atoms with Gasteiger partial charge < -0.3 is 15.0 Å². The predicted molar refractivity (Wildman–Crippen MR) is 115 cm³/mol. The van der Waals surface area contributed by atoms with Crippen molar-refractivity contribution in [2.75, 3.05) is 24.4 Å². The van der Waals surface area contributed by atoms with Crippen LogP contribution in [0.1, 0.15) is 5.56 Å². The van der Waals surface area contributed by atoms with E-state index in [2.05, 4.69) is 35.3 Å². The van der Waals surface area contributed by atoms with Gasteiger partial charge in [0.25, 0.3) is 0 Å². The van der Waals surface area contributed by atoms with Crippen LogP contribution in [-0.2, 0) is 0 Å². The molecule has 0 aliphatic heterocycles. The first-order valence-electron chi connectivity index (χ1n) is 9.13. The van der Waals surface area contributed by atoms with Crippen LogP contribution in [0.2, 0.25) is 0 Å². The van der Waals surface area contributed by atoms with E-state index in [-0.39, 0.29) is 0 Å². The molecule has 5 heteroatoms. The number of aryl methyl sites for hydroxylation is 1. The van der Waals surface area contributed by atoms with Crippen molar-refractivity contribution in [3.05, 3.63) is 78.4 Å². The van der Waals surface area contributed by atoms with Gasteiger partial charge in [0, 0.05) is 23.8 Å². The standard InChI is InChI=1S/C23H22N4O/c1-16-10-7-8-14-19(16)24-23-25-21-18(13-9-15-20(21)28-3)22(26-23)27(2)17-11-5-4-6-12-17/h4-15H,1-3H3,(H,24,25,26). The molecule has 0 fully saturated rings. The Bertz CT molecular complexity index is 1110. The number of methoxy groups -OCH3 is 1. The summed E-state index contributed by atoms with van der Waals surface area (Å²) >= 11 is 0. The van der Waals surface area contributed by atoms with E-state index >= 15 is 0 Å². The summed E-state index contributed by atoms with van der Waals surface area (Å²) in [5.41, 5.74) is 3.93. The Hall–Kier alpha value is -3.60. The molecule has 4 rings (SSSR count). The third-order valence-electron chi connectivity index (χ3n) is 4.74. The summed E-state index contributed by atoms with van der Waals surface area (Å²) in [5.74, 6) is 2.06. The molecule has 1 heterocycles. The fourth-order valence-electron chi connectivity index (χ4n) is 3.19. The SMILES string of the molecule is COc1cccc2c(N(C)c3ccccc3)nc(Nc3ccccc3C)nc12. The summed E-state index contributed by atoms with van der Waals surface area (Å²) in [6, 6.07) is 24.1. The van der Waals surface area contributed by atoms with Crippen LogP contribution in [0.15, 0.2) is 72.8 Å². The highest BCUT2D eigenvalue weighted by Crippen LogP contribution is 2.34. The molecule has 1 N–H and O–H groups in total. The van der Waals surface area contributed by atoms with E-state index in [0.29, 0.717) is 5.95 Å². The topological polar surface area (TPSA) is 50.3 Å². The Morgan fingerprint density at radius 1 is 0.857 bits per heavy atom. The van der Waals surface area contributed by atoms with E-state index < -0.39 is 0 Å². The normalized spacial score (nSPS) is 10.7. The van der Waals surface area contributed by atoms with Crippen molar-refractivity contribution in [1.82, 2.24) is 9.97 Å². The summed E-state index contributed by atoms with van der Waals surface area (Å²) in [6.45, 7) is 2.06. The number of hydrogen-bond acceptors (Lipinski definition) is 5. The van der Waals surface area contributed by atoms with Gasteiger partial charge in [-0.25, -0.2) is 4.98 Å². The largest absolute Gasteiger partial charge is 0.494 e. The highest BCUT2D eigenvalue weighted by atomic mass is 16.5. The van der Waals surface area contributed by atoms with Gasteiger partial charge in [0.05, 0.1) is 7.11 Å². The lowest BCUT2D eigenvalue weighted by molar-refractivity contribution is 0.419. The van der Waals surface area contributed by atoms with Crippen LogP contribution in [0.4, 0.5) is 23.1 Å². The molecule has 3 aromatic carbocycles. The number of anilines is 4. The minimum Gasteiger partial charge on any atom is -0.494 e. The van der Waals surface area contributed by atoms with Crippen molar-refractivity contribution in [3.8, 4) is 5.75 Å². The Labute approximate surface area is 164 Å². The number of aromatic nitrogens is 2. The predicted octanol–water partition coefficient (Wildman–Crippen LogP) is 5.46. The van der Waals surface area contributed by atoms with Crippen molar-refractivity contribution in [2.45, 2.75) is 6.92 Å². The molecule has 0 spiro atoms. The van der Waals surface area contributed by atoms with Crippen LogP contribution >= 0.6 is 0 Å². The average molecular weight is 370 g/mol. The van der Waals surface area contributed by atoms with Crippen LogP contribution in [0.3, 0.4) is 0 Å². The van der Waals surface area contributed by atoms with Gasteiger partial charge in [-0.3, -0.25) is 0 Å². The first kappa shape index (κ1) is 17.8. The molecular formula is C23H22N4O. The molecule has 0 aliphatic carbocycles. The molecular weight excluding hydrogens is 348 g/mol. The molecule has 28 heavy (non-hydrogen) atoms. The first-order chi connectivity index (χ1) is 13.7. The van der Waals surface area contributed by atoms with Gasteiger partial charge in [0.15, 0.2) is 0 Å². The van der Waals surface area contributed by atoms with Crippen LogP contribution in [0.5, 0.6) is 5.75 Å². The molecule has 5 nitrogen and oxygen atoms in total. The second-order valence-electron chi connectivity index (χ2n) is 6.56. The smallest absolute Gasteiger partial charge is 0.229 e. The van der Waals surface area contributed by atoms with E-state index in [9.17, 15) is 0 Å². The maximum atomic E-state index is 5.56. The van der Waals surface area contributed by atoms with Gasteiger partial charge in [0.1, 0.15) is 17.1 Å². The third kappa shape index (κ3) is 3.34. The summed E-state index contributed by atoms with van der Waals surface area (Å²) in [4.78, 5) is 11.6. The fourth-order valence-corrected chi connectivity index (χ4v) is 3.19. The van der Waals surface area contributed by atoms with Gasteiger partial charge >= 0.3 is 0 Å². The van der Waals surface area contributed by atoms with Crippen molar-refractivity contribution < 1.29 is 4.74 Å². The second kappa shape index (κ2) is 7.56. The highest BCUT2D eigenvalue weighted by Gasteiger charge is 2.16. The minimum absolute atomic E-state index is 0.532. The van der Waals surface area contributed by atoms with Gasteiger partial charge in [-0.15, -0.1) is 0 Å². The fraction of sp³-hybridized carbons (Fsp3) is 0.130. The number of nitrogens with zero attached hydrogens (tertiary/aromatic N) is 3. The average Bonchev–Trinajstić information content (AvgIpc) is 2.74. The lowest BCUT2D eigenvalue weighted by Crippen LogP contribution is -2.13. The Morgan fingerprint density at radius 3 is 2.36 bits per heavy atom. The molecule has 0 saturated heterocycles. The number of nitrogens with one attached hydrogen (secondary N) is 1. The Balaban J connectivity index is 1.88. The number of ether oxygens (including phenoxy) is 1. The molecule has 4 aromatic rings. The lowest BCUT2D eigenvalue weighted by Gasteiger charge is -2.21. The number of fused-ring (bicyclic) bond motifs is 1. The molecule has 0 atom stereocenters. The maximum Gasteiger partial charge on any atom is 0.229 e. The van der Waals surface area contributed by atoms with Gasteiger partial charge in [-0.05, 0) is 42.8 Å². The zero-order chi connectivity index (χ0) is 19.5. The summed E-state index contributed by atoms with van der Waals surface area (Å²) < 4.78 is 5.56. The van der Waals surface area contributed by atoms with Crippen molar-refractivity contribution in [3.63, 3.8) is 0 Å². The minimum atomic E-state index is 0.532. The molecule has 140 valence electrons. The molecule has 0 bridgehead atoms. The van der Waals surface area contributed by atoms with Gasteiger partial charge in [-0.2, -0.15) is 4.98 Å². The van der Waals surface area contributed by atoms with Crippen molar-refractivity contribution in [1.29, 1.82) is 0 Å². The van der Waals surface area contributed by atoms with Crippen LogP contribution in [0, 0.1) is 6.92 Å². The van der Waals surface area contributed by atoms with Crippen molar-refractivity contribution in [2.24, 2.45) is 0 Å². The zero-order valence-corrected chi connectivity index (χ0v) is 16.2. The molecule has 0 radical (unpaired) electrons. The molecule has 1 aromatic heterocycles. The van der Waals surface area contributed by atoms with E-state index in [1.165, 1.54) is 0 Å². The van der Waals surface area contributed by atoms with Crippen molar-refractivity contribution >= 4 is 34.0 Å². The van der Waals surface area contributed by atoms with Crippen LogP contribution in [-0.4, -0.2) is 24.1 Å². The van der Waals surface area contributed by atoms with Crippen LogP contribution < -0.4 is 15.0 Å². The summed E-state index contributed by atoms with van der Waals surface area (Å²) in [5, 5.41) is 4.29. The number of rotatable bonds is 5. The first-order valence-corrected chi connectivity index (χ1v) is 9.13. The monoisotopic (exact) mass is 370 g/mol. The van der Waals surface area contributed by atoms with Crippen LogP contribution in [0.25, 0.3) is 10.9 Å². The van der Waals surface area contributed by atoms with E-state index in [1.807, 2.05) is 61.6 Å². The Morgan fingerprint density at radius 2 is 1.61 bits per heavy atom. The van der Waals surface area contributed by atoms with E-state index in [1.54, 1.807) is 7.11 Å². The number of benzene rings is 3. The summed E-state index contributed by atoms with van der Waals surface area (Å²) in [6.07, 6.45) is 0.